The molecule has 0 amide bonds. The SMILES string of the molecule is Cn1c(CCCOc2ccc(Cl)cc2Cl)nnc1SCc1ccc([N+](=O)[O-])cc1. The summed E-state index contributed by atoms with van der Waals surface area (Å²) in [4.78, 5) is 10.3. The van der Waals surface area contributed by atoms with Gasteiger partial charge in [-0.1, -0.05) is 47.1 Å². The van der Waals surface area contributed by atoms with Crippen molar-refractivity contribution in [1.29, 1.82) is 0 Å². The van der Waals surface area contributed by atoms with E-state index in [-0.39, 0.29) is 5.69 Å². The van der Waals surface area contributed by atoms with Gasteiger partial charge in [0.15, 0.2) is 5.16 Å². The van der Waals surface area contributed by atoms with Crippen molar-refractivity contribution >= 4 is 40.7 Å². The number of nitrogens with zero attached hydrogens (tertiary/aromatic N) is 4. The summed E-state index contributed by atoms with van der Waals surface area (Å²) in [5, 5.41) is 21.0. The Balaban J connectivity index is 1.48. The fourth-order valence-electron chi connectivity index (χ4n) is 2.55. The average Bonchev–Trinajstić information content (AvgIpc) is 3.05. The smallest absolute Gasteiger partial charge is 0.269 e. The van der Waals surface area contributed by atoms with Gasteiger partial charge in [0.1, 0.15) is 11.6 Å². The summed E-state index contributed by atoms with van der Waals surface area (Å²) in [6.45, 7) is 0.499. The van der Waals surface area contributed by atoms with Crippen LogP contribution >= 0.6 is 35.0 Å². The summed E-state index contributed by atoms with van der Waals surface area (Å²) in [6.07, 6.45) is 1.48. The van der Waals surface area contributed by atoms with Crippen LogP contribution in [0.2, 0.25) is 10.0 Å². The first-order valence-electron chi connectivity index (χ1n) is 8.76. The van der Waals surface area contributed by atoms with Crippen molar-refractivity contribution in [3.05, 3.63) is 74.0 Å². The Kier molecular flexibility index (Phi) is 7.35. The highest BCUT2D eigenvalue weighted by Crippen LogP contribution is 2.28. The monoisotopic (exact) mass is 452 g/mol. The van der Waals surface area contributed by atoms with E-state index in [1.165, 1.54) is 23.9 Å². The van der Waals surface area contributed by atoms with Gasteiger partial charge in [0, 0.05) is 36.4 Å². The molecular formula is C19H18Cl2N4O3S. The van der Waals surface area contributed by atoms with Gasteiger partial charge >= 0.3 is 0 Å². The third-order valence-corrected chi connectivity index (χ3v) is 5.76. The molecule has 0 aliphatic carbocycles. The lowest BCUT2D eigenvalue weighted by molar-refractivity contribution is -0.384. The number of nitro groups is 1. The number of non-ortho nitro benzene ring substituents is 1. The lowest BCUT2D eigenvalue weighted by atomic mass is 10.2. The largest absolute Gasteiger partial charge is 0.492 e. The number of halogens is 2. The Morgan fingerprint density at radius 2 is 1.93 bits per heavy atom. The molecular weight excluding hydrogens is 435 g/mol. The summed E-state index contributed by atoms with van der Waals surface area (Å²) in [6, 6.07) is 11.6. The number of rotatable bonds is 9. The van der Waals surface area contributed by atoms with E-state index in [0.717, 1.165) is 23.0 Å². The molecule has 0 bridgehead atoms. The Bertz CT molecular complexity index is 996. The number of aromatic nitrogens is 3. The molecule has 0 saturated heterocycles. The zero-order chi connectivity index (χ0) is 20.8. The molecule has 0 radical (unpaired) electrons. The zero-order valence-corrected chi connectivity index (χ0v) is 17.9. The van der Waals surface area contributed by atoms with Crippen LogP contribution < -0.4 is 4.74 Å². The minimum absolute atomic E-state index is 0.0850. The van der Waals surface area contributed by atoms with E-state index in [2.05, 4.69) is 10.2 Å². The molecule has 0 atom stereocenters. The maximum absolute atomic E-state index is 10.7. The molecule has 1 heterocycles. The zero-order valence-electron chi connectivity index (χ0n) is 15.5. The molecule has 1 aromatic heterocycles. The van der Waals surface area contributed by atoms with Crippen LogP contribution in [-0.2, 0) is 19.2 Å². The van der Waals surface area contributed by atoms with Gasteiger partial charge in [-0.05, 0) is 30.2 Å². The summed E-state index contributed by atoms with van der Waals surface area (Å²) < 4.78 is 7.64. The van der Waals surface area contributed by atoms with Crippen molar-refractivity contribution in [2.75, 3.05) is 6.61 Å². The molecule has 0 spiro atoms. The maximum Gasteiger partial charge on any atom is 0.269 e. The first kappa shape index (κ1) is 21.4. The number of hydrogen-bond acceptors (Lipinski definition) is 6. The van der Waals surface area contributed by atoms with Crippen LogP contribution in [0.25, 0.3) is 0 Å². The van der Waals surface area contributed by atoms with Crippen molar-refractivity contribution in [2.24, 2.45) is 7.05 Å². The Morgan fingerprint density at radius 1 is 1.17 bits per heavy atom. The van der Waals surface area contributed by atoms with Crippen molar-refractivity contribution in [2.45, 2.75) is 23.8 Å². The Labute approximate surface area is 182 Å². The molecule has 0 aliphatic heterocycles. The number of nitro benzene ring substituents is 1. The van der Waals surface area contributed by atoms with Gasteiger partial charge in [-0.15, -0.1) is 10.2 Å². The van der Waals surface area contributed by atoms with E-state index in [1.807, 2.05) is 11.6 Å². The first-order valence-corrected chi connectivity index (χ1v) is 10.5. The highest BCUT2D eigenvalue weighted by molar-refractivity contribution is 7.98. The van der Waals surface area contributed by atoms with Crippen molar-refractivity contribution in [3.8, 4) is 5.75 Å². The van der Waals surface area contributed by atoms with Crippen LogP contribution in [0, 0.1) is 10.1 Å². The summed E-state index contributed by atoms with van der Waals surface area (Å²) in [5.74, 6) is 2.12. The molecule has 0 N–H and O–H groups in total. The molecule has 3 aromatic rings. The maximum atomic E-state index is 10.7. The second-order valence-corrected chi connectivity index (χ2v) is 7.98. The number of aryl methyl sites for hydroxylation is 1. The quantitative estimate of drug-likeness (QED) is 0.188. The lowest BCUT2D eigenvalue weighted by Crippen LogP contribution is -2.04. The minimum Gasteiger partial charge on any atom is -0.492 e. The molecule has 0 unspecified atom stereocenters. The van der Waals surface area contributed by atoms with Crippen LogP contribution in [0.15, 0.2) is 47.6 Å². The van der Waals surface area contributed by atoms with Gasteiger partial charge in [-0.2, -0.15) is 0 Å². The van der Waals surface area contributed by atoms with Crippen LogP contribution in [0.3, 0.4) is 0 Å². The number of thioether (sulfide) groups is 1. The number of ether oxygens (including phenoxy) is 1. The molecule has 152 valence electrons. The fourth-order valence-corrected chi connectivity index (χ4v) is 3.90. The minimum atomic E-state index is -0.406. The molecule has 29 heavy (non-hydrogen) atoms. The molecule has 0 saturated carbocycles. The topological polar surface area (TPSA) is 83.1 Å². The van der Waals surface area contributed by atoms with Gasteiger partial charge < -0.3 is 9.30 Å². The first-order chi connectivity index (χ1) is 13.9. The molecule has 10 heteroatoms. The fraction of sp³-hybridized carbons (Fsp3) is 0.263. The highest BCUT2D eigenvalue weighted by Gasteiger charge is 2.11. The van der Waals surface area contributed by atoms with E-state index in [0.29, 0.717) is 34.6 Å². The number of hydrogen-bond donors (Lipinski definition) is 0. The van der Waals surface area contributed by atoms with Gasteiger partial charge in [0.2, 0.25) is 0 Å². The lowest BCUT2D eigenvalue weighted by Gasteiger charge is -2.08. The van der Waals surface area contributed by atoms with Crippen molar-refractivity contribution < 1.29 is 9.66 Å². The predicted molar refractivity (Wildman–Crippen MR) is 114 cm³/mol. The van der Waals surface area contributed by atoms with Gasteiger partial charge in [0.25, 0.3) is 5.69 Å². The van der Waals surface area contributed by atoms with E-state index in [9.17, 15) is 10.1 Å². The molecule has 2 aromatic carbocycles. The predicted octanol–water partition coefficient (Wildman–Crippen LogP) is 5.33. The molecule has 0 fully saturated rings. The molecule has 3 rings (SSSR count). The van der Waals surface area contributed by atoms with Crippen LogP contribution in [0.1, 0.15) is 17.8 Å². The Morgan fingerprint density at radius 3 is 2.62 bits per heavy atom. The average molecular weight is 453 g/mol. The highest BCUT2D eigenvalue weighted by atomic mass is 35.5. The van der Waals surface area contributed by atoms with Crippen LogP contribution in [0.5, 0.6) is 5.75 Å². The standard InChI is InChI=1S/C19H18Cl2N4O3S/c1-24-18(3-2-10-28-17-9-6-14(20)11-16(17)21)22-23-19(24)29-12-13-4-7-15(8-5-13)25(26)27/h4-9,11H,2-3,10,12H2,1H3. The third kappa shape index (κ3) is 5.85. The third-order valence-electron chi connectivity index (χ3n) is 4.14. The van der Waals surface area contributed by atoms with Crippen molar-refractivity contribution in [3.63, 3.8) is 0 Å². The van der Waals surface area contributed by atoms with Crippen LogP contribution in [-0.4, -0.2) is 26.3 Å². The normalized spacial score (nSPS) is 10.9. The van der Waals surface area contributed by atoms with Gasteiger partial charge in [-0.3, -0.25) is 10.1 Å². The molecule has 0 aliphatic rings. The summed E-state index contributed by atoms with van der Waals surface area (Å²) >= 11 is 13.5. The van der Waals surface area contributed by atoms with E-state index in [1.54, 1.807) is 30.3 Å². The van der Waals surface area contributed by atoms with E-state index < -0.39 is 4.92 Å². The summed E-state index contributed by atoms with van der Waals surface area (Å²) in [7, 11) is 1.92. The van der Waals surface area contributed by atoms with Crippen LogP contribution in [0.4, 0.5) is 5.69 Å². The molecule has 7 nitrogen and oxygen atoms in total. The Hall–Kier alpha value is -2.29. The second kappa shape index (κ2) is 9.96. The number of benzene rings is 2. The van der Waals surface area contributed by atoms with Crippen molar-refractivity contribution in [1.82, 2.24) is 14.8 Å². The van der Waals surface area contributed by atoms with E-state index in [4.69, 9.17) is 27.9 Å². The second-order valence-electron chi connectivity index (χ2n) is 6.20. The van der Waals surface area contributed by atoms with Gasteiger partial charge in [0.05, 0.1) is 16.6 Å². The van der Waals surface area contributed by atoms with Gasteiger partial charge in [-0.25, -0.2) is 0 Å². The van der Waals surface area contributed by atoms with E-state index >= 15 is 0 Å². The summed E-state index contributed by atoms with van der Waals surface area (Å²) in [5.41, 5.74) is 1.07.